The number of rotatable bonds is 4. The summed E-state index contributed by atoms with van der Waals surface area (Å²) in [6.45, 7) is 8.55. The largest absolute Gasteiger partial charge is 0.298 e. The number of likely N-dealkylation sites (tertiary alicyclic amines) is 1. The minimum Gasteiger partial charge on any atom is -0.298 e. The summed E-state index contributed by atoms with van der Waals surface area (Å²) in [5.41, 5.74) is 2.46. The van der Waals surface area contributed by atoms with Crippen molar-refractivity contribution in [2.24, 2.45) is 5.92 Å². The molecule has 0 atom stereocenters. The van der Waals surface area contributed by atoms with E-state index in [1.54, 1.807) is 0 Å². The first-order valence-corrected chi connectivity index (χ1v) is 7.08. The molecule has 0 N–H and O–H groups in total. The van der Waals surface area contributed by atoms with E-state index in [1.807, 2.05) is 0 Å². The van der Waals surface area contributed by atoms with Gasteiger partial charge in [0, 0.05) is 19.0 Å². The molecule has 0 unspecified atom stereocenters. The van der Waals surface area contributed by atoms with E-state index in [9.17, 15) is 0 Å². The van der Waals surface area contributed by atoms with Gasteiger partial charge in [-0.1, -0.05) is 0 Å². The van der Waals surface area contributed by atoms with Crippen LogP contribution in [0, 0.1) is 12.8 Å². The Bertz CT molecular complexity index is 354. The van der Waals surface area contributed by atoms with Crippen LogP contribution in [0.4, 0.5) is 0 Å². The summed E-state index contributed by atoms with van der Waals surface area (Å²) in [4.78, 5) is 2.52. The zero-order valence-electron chi connectivity index (χ0n) is 10.8. The molecule has 1 fully saturated rings. The predicted octanol–water partition coefficient (Wildman–Crippen LogP) is 2.66. The molecule has 0 radical (unpaired) electrons. The van der Waals surface area contributed by atoms with Gasteiger partial charge in [-0.3, -0.25) is 9.58 Å². The van der Waals surface area contributed by atoms with Crippen LogP contribution in [0.15, 0.2) is 6.07 Å². The lowest BCUT2D eigenvalue weighted by atomic mass is 9.99. The zero-order valence-corrected chi connectivity index (χ0v) is 11.6. The van der Waals surface area contributed by atoms with Gasteiger partial charge >= 0.3 is 0 Å². The Kier molecular flexibility index (Phi) is 4.46. The number of nitrogens with zero attached hydrogens (tertiary/aromatic N) is 3. The highest BCUT2D eigenvalue weighted by Gasteiger charge is 2.19. The minimum absolute atomic E-state index is 0.728. The standard InChI is InChI=1S/C13H22ClN3/c1-3-17-13(8-11(2)15-17)10-16-6-4-12(9-14)5-7-16/h8,12H,3-7,9-10H2,1-2H3. The first kappa shape index (κ1) is 12.9. The van der Waals surface area contributed by atoms with Crippen LogP contribution in [0.25, 0.3) is 0 Å². The summed E-state index contributed by atoms with van der Waals surface area (Å²) in [6, 6.07) is 2.21. The molecular formula is C13H22ClN3. The van der Waals surface area contributed by atoms with Gasteiger partial charge in [0.2, 0.25) is 0 Å². The van der Waals surface area contributed by atoms with Crippen LogP contribution < -0.4 is 0 Å². The van der Waals surface area contributed by atoms with Crippen LogP contribution in [-0.4, -0.2) is 33.6 Å². The number of aromatic nitrogens is 2. The Hall–Kier alpha value is -0.540. The van der Waals surface area contributed by atoms with Crippen LogP contribution in [0.2, 0.25) is 0 Å². The SMILES string of the molecule is CCn1nc(C)cc1CN1CCC(CCl)CC1. The molecule has 17 heavy (non-hydrogen) atoms. The molecule has 1 aliphatic rings. The van der Waals surface area contributed by atoms with Crippen molar-refractivity contribution >= 4 is 11.6 Å². The topological polar surface area (TPSA) is 21.1 Å². The summed E-state index contributed by atoms with van der Waals surface area (Å²) >= 11 is 5.91. The molecule has 1 aromatic heterocycles. The maximum atomic E-state index is 5.91. The Morgan fingerprint density at radius 2 is 2.12 bits per heavy atom. The molecule has 0 bridgehead atoms. The van der Waals surface area contributed by atoms with Gasteiger partial charge in [0.25, 0.3) is 0 Å². The van der Waals surface area contributed by atoms with Gasteiger partial charge in [-0.2, -0.15) is 5.10 Å². The molecule has 96 valence electrons. The highest BCUT2D eigenvalue weighted by Crippen LogP contribution is 2.20. The van der Waals surface area contributed by atoms with E-state index in [1.165, 1.54) is 31.6 Å². The van der Waals surface area contributed by atoms with Crippen molar-refractivity contribution in [3.05, 3.63) is 17.5 Å². The molecular weight excluding hydrogens is 234 g/mol. The molecule has 0 amide bonds. The molecule has 1 saturated heterocycles. The summed E-state index contributed by atoms with van der Waals surface area (Å²) in [5, 5.41) is 4.49. The Morgan fingerprint density at radius 1 is 1.41 bits per heavy atom. The van der Waals surface area contributed by atoms with Crippen molar-refractivity contribution in [1.29, 1.82) is 0 Å². The second kappa shape index (κ2) is 5.87. The Balaban J connectivity index is 1.92. The number of hydrogen-bond acceptors (Lipinski definition) is 2. The average molecular weight is 256 g/mol. The lowest BCUT2D eigenvalue weighted by Gasteiger charge is -2.30. The predicted molar refractivity (Wildman–Crippen MR) is 71.4 cm³/mol. The minimum atomic E-state index is 0.728. The molecule has 0 aromatic carbocycles. The lowest BCUT2D eigenvalue weighted by molar-refractivity contribution is 0.182. The van der Waals surface area contributed by atoms with Gasteiger partial charge in [-0.05, 0) is 51.8 Å². The normalized spacial score (nSPS) is 18.8. The van der Waals surface area contributed by atoms with Crippen molar-refractivity contribution in [2.45, 2.75) is 39.8 Å². The zero-order chi connectivity index (χ0) is 12.3. The fourth-order valence-electron chi connectivity index (χ4n) is 2.53. The number of alkyl halides is 1. The van der Waals surface area contributed by atoms with Crippen molar-refractivity contribution in [3.8, 4) is 0 Å². The van der Waals surface area contributed by atoms with Crippen molar-refractivity contribution in [2.75, 3.05) is 19.0 Å². The third-order valence-electron chi connectivity index (χ3n) is 3.60. The van der Waals surface area contributed by atoms with E-state index in [-0.39, 0.29) is 0 Å². The second-order valence-corrected chi connectivity index (χ2v) is 5.28. The molecule has 3 nitrogen and oxygen atoms in total. The van der Waals surface area contributed by atoms with Crippen LogP contribution >= 0.6 is 11.6 Å². The molecule has 0 saturated carbocycles. The van der Waals surface area contributed by atoms with Crippen molar-refractivity contribution in [1.82, 2.24) is 14.7 Å². The number of hydrogen-bond donors (Lipinski definition) is 0. The number of aryl methyl sites for hydroxylation is 2. The van der Waals surface area contributed by atoms with Gasteiger partial charge in [0.05, 0.1) is 11.4 Å². The maximum Gasteiger partial charge on any atom is 0.0597 e. The fourth-order valence-corrected chi connectivity index (χ4v) is 2.84. The summed E-state index contributed by atoms with van der Waals surface area (Å²) in [5.74, 6) is 1.55. The van der Waals surface area contributed by atoms with Crippen LogP contribution in [0.5, 0.6) is 0 Å². The molecule has 2 rings (SSSR count). The van der Waals surface area contributed by atoms with Gasteiger partial charge in [0.15, 0.2) is 0 Å². The Labute approximate surface area is 109 Å². The summed E-state index contributed by atoms with van der Waals surface area (Å²) < 4.78 is 2.11. The second-order valence-electron chi connectivity index (χ2n) is 4.97. The molecule has 0 aliphatic carbocycles. The monoisotopic (exact) mass is 255 g/mol. The summed E-state index contributed by atoms with van der Waals surface area (Å²) in [6.07, 6.45) is 2.48. The number of halogens is 1. The fraction of sp³-hybridized carbons (Fsp3) is 0.769. The van der Waals surface area contributed by atoms with Gasteiger partial charge in [0.1, 0.15) is 0 Å². The van der Waals surface area contributed by atoms with Crippen molar-refractivity contribution < 1.29 is 0 Å². The highest BCUT2D eigenvalue weighted by molar-refractivity contribution is 6.18. The number of piperidine rings is 1. The van der Waals surface area contributed by atoms with E-state index in [4.69, 9.17) is 11.6 Å². The maximum absolute atomic E-state index is 5.91. The quantitative estimate of drug-likeness (QED) is 0.772. The van der Waals surface area contributed by atoms with Gasteiger partial charge in [-0.25, -0.2) is 0 Å². The first-order chi connectivity index (χ1) is 8.22. The lowest BCUT2D eigenvalue weighted by Crippen LogP contribution is -2.34. The molecule has 1 aliphatic heterocycles. The van der Waals surface area contributed by atoms with E-state index in [2.05, 4.69) is 34.6 Å². The Morgan fingerprint density at radius 3 is 2.71 bits per heavy atom. The highest BCUT2D eigenvalue weighted by atomic mass is 35.5. The molecule has 2 heterocycles. The molecule has 0 spiro atoms. The van der Waals surface area contributed by atoms with Crippen LogP contribution in [0.3, 0.4) is 0 Å². The first-order valence-electron chi connectivity index (χ1n) is 6.54. The molecule has 4 heteroatoms. The smallest absolute Gasteiger partial charge is 0.0597 e. The molecule has 1 aromatic rings. The van der Waals surface area contributed by atoms with E-state index in [0.717, 1.165) is 30.6 Å². The third kappa shape index (κ3) is 3.23. The van der Waals surface area contributed by atoms with Crippen LogP contribution in [-0.2, 0) is 13.1 Å². The van der Waals surface area contributed by atoms with Crippen molar-refractivity contribution in [3.63, 3.8) is 0 Å². The van der Waals surface area contributed by atoms with Gasteiger partial charge in [-0.15, -0.1) is 11.6 Å². The van der Waals surface area contributed by atoms with E-state index >= 15 is 0 Å². The van der Waals surface area contributed by atoms with Gasteiger partial charge < -0.3 is 0 Å². The third-order valence-corrected chi connectivity index (χ3v) is 4.03. The van der Waals surface area contributed by atoms with E-state index < -0.39 is 0 Å². The van der Waals surface area contributed by atoms with E-state index in [0.29, 0.717) is 0 Å². The summed E-state index contributed by atoms with van der Waals surface area (Å²) in [7, 11) is 0. The average Bonchev–Trinajstić information content (AvgIpc) is 2.70. The van der Waals surface area contributed by atoms with Crippen LogP contribution in [0.1, 0.15) is 31.2 Å².